The number of carbonyl (C=O) groups is 1. The van der Waals surface area contributed by atoms with E-state index in [0.717, 1.165) is 12.8 Å². The number of amides is 1. The lowest BCUT2D eigenvalue weighted by molar-refractivity contribution is 0.0945. The average molecular weight is 479 g/mol. The molecule has 10 heteroatoms. The molecule has 1 saturated heterocycles. The van der Waals surface area contributed by atoms with Crippen LogP contribution in [0.2, 0.25) is 0 Å². The molecule has 4 heterocycles. The van der Waals surface area contributed by atoms with Crippen LogP contribution in [-0.2, 0) is 6.54 Å². The molecule has 0 spiro atoms. The van der Waals surface area contributed by atoms with Gasteiger partial charge in [-0.3, -0.25) is 14.5 Å². The number of aromatic amines is 1. The van der Waals surface area contributed by atoms with Crippen LogP contribution in [0.25, 0.3) is 16.6 Å². The number of aromatic nitrogens is 3. The fraction of sp³-hybridized carbons (Fsp3) is 0.320. The quantitative estimate of drug-likeness (QED) is 0.431. The first-order valence-corrected chi connectivity index (χ1v) is 11.7. The Morgan fingerprint density at radius 1 is 1.06 bits per heavy atom. The molecule has 6 rings (SSSR count). The number of carbonyl (C=O) groups excluding carboxylic acids is 1. The van der Waals surface area contributed by atoms with E-state index in [4.69, 9.17) is 0 Å². The number of anilines is 1. The van der Waals surface area contributed by atoms with E-state index in [0.29, 0.717) is 55.0 Å². The number of hydrogen-bond donors (Lipinski definition) is 2. The number of pyridine rings is 1. The molecule has 0 bridgehead atoms. The van der Waals surface area contributed by atoms with Crippen molar-refractivity contribution in [1.82, 2.24) is 24.6 Å². The number of fused-ring (bicyclic) bond motifs is 3. The van der Waals surface area contributed by atoms with Gasteiger partial charge in [-0.2, -0.15) is 4.39 Å². The van der Waals surface area contributed by atoms with Crippen LogP contribution in [0, 0.1) is 11.8 Å². The summed E-state index contributed by atoms with van der Waals surface area (Å²) in [6.07, 6.45) is 3.65. The minimum absolute atomic E-state index is 0.0822. The van der Waals surface area contributed by atoms with Gasteiger partial charge in [0.05, 0.1) is 11.2 Å². The van der Waals surface area contributed by atoms with Crippen molar-refractivity contribution in [2.24, 2.45) is 0 Å². The number of rotatable bonds is 5. The Labute approximate surface area is 199 Å². The van der Waals surface area contributed by atoms with Gasteiger partial charge in [-0.15, -0.1) is 0 Å². The van der Waals surface area contributed by atoms with Crippen LogP contribution in [0.15, 0.2) is 47.4 Å². The second-order valence-electron chi connectivity index (χ2n) is 9.17. The monoisotopic (exact) mass is 478 g/mol. The maximum atomic E-state index is 15.3. The molecule has 180 valence electrons. The summed E-state index contributed by atoms with van der Waals surface area (Å²) in [4.78, 5) is 34.9. The molecule has 1 saturated carbocycles. The Balaban J connectivity index is 1.14. The molecule has 3 aromatic heterocycles. The van der Waals surface area contributed by atoms with E-state index in [1.165, 1.54) is 0 Å². The molecule has 1 aromatic carbocycles. The van der Waals surface area contributed by atoms with Crippen molar-refractivity contribution in [3.8, 4) is 0 Å². The van der Waals surface area contributed by atoms with Gasteiger partial charge in [0.2, 0.25) is 5.95 Å². The minimum atomic E-state index is -0.664. The molecule has 0 unspecified atom stereocenters. The molecule has 0 radical (unpaired) electrons. The highest BCUT2D eigenvalue weighted by atomic mass is 19.1. The first kappa shape index (κ1) is 21.7. The summed E-state index contributed by atoms with van der Waals surface area (Å²) in [6.45, 7) is 2.68. The number of H-pyrrole nitrogens is 1. The van der Waals surface area contributed by atoms with Crippen molar-refractivity contribution < 1.29 is 13.6 Å². The average Bonchev–Trinajstić information content (AvgIpc) is 3.52. The molecular weight excluding hydrogens is 454 g/mol. The summed E-state index contributed by atoms with van der Waals surface area (Å²) < 4.78 is 31.7. The first-order chi connectivity index (χ1) is 17.0. The number of benzene rings is 1. The second kappa shape index (κ2) is 8.46. The van der Waals surface area contributed by atoms with Gasteiger partial charge in [-0.25, -0.2) is 9.37 Å². The fourth-order valence-electron chi connectivity index (χ4n) is 4.67. The summed E-state index contributed by atoms with van der Waals surface area (Å²) in [5.41, 5.74) is 1.86. The van der Waals surface area contributed by atoms with Crippen LogP contribution in [0.1, 0.15) is 28.9 Å². The number of nitrogens with zero attached hydrogens (tertiary/aromatic N) is 4. The van der Waals surface area contributed by atoms with Gasteiger partial charge in [0, 0.05) is 50.5 Å². The third-order valence-electron chi connectivity index (χ3n) is 6.76. The van der Waals surface area contributed by atoms with Crippen LogP contribution in [0.4, 0.5) is 14.5 Å². The lowest BCUT2D eigenvalue weighted by atomic mass is 10.1. The van der Waals surface area contributed by atoms with Crippen molar-refractivity contribution in [3.63, 3.8) is 0 Å². The van der Waals surface area contributed by atoms with Crippen molar-refractivity contribution in [1.29, 1.82) is 0 Å². The summed E-state index contributed by atoms with van der Waals surface area (Å²) in [5.74, 6) is -1.45. The number of nitrogens with one attached hydrogen (secondary N) is 2. The zero-order valence-electron chi connectivity index (χ0n) is 18.9. The SMILES string of the molecule is O=C(NC1CC1)c1ccc(N2CCN(Cc3ccc4c([nH]c(=O)c5cccn54)c3F)CC2)c(F)n1. The number of hydrogen-bond acceptors (Lipinski definition) is 5. The fourth-order valence-corrected chi connectivity index (χ4v) is 4.67. The lowest BCUT2D eigenvalue weighted by Crippen LogP contribution is -2.46. The zero-order chi connectivity index (χ0) is 24.1. The van der Waals surface area contributed by atoms with Crippen molar-refractivity contribution >= 4 is 28.1 Å². The Kier molecular flexibility index (Phi) is 5.25. The molecule has 4 aromatic rings. The van der Waals surface area contributed by atoms with Crippen molar-refractivity contribution in [3.05, 3.63) is 76.0 Å². The Hall–Kier alpha value is -3.79. The topological polar surface area (TPSA) is 85.7 Å². The zero-order valence-corrected chi connectivity index (χ0v) is 18.9. The van der Waals surface area contributed by atoms with Gasteiger partial charge >= 0.3 is 0 Å². The number of piperazine rings is 1. The minimum Gasteiger partial charge on any atom is -0.365 e. The van der Waals surface area contributed by atoms with Crippen LogP contribution < -0.4 is 15.8 Å². The van der Waals surface area contributed by atoms with Gasteiger partial charge in [-0.05, 0) is 43.2 Å². The molecule has 1 aliphatic carbocycles. The van der Waals surface area contributed by atoms with Crippen LogP contribution in [-0.4, -0.2) is 57.4 Å². The molecule has 35 heavy (non-hydrogen) atoms. The van der Waals surface area contributed by atoms with Crippen molar-refractivity contribution in [2.45, 2.75) is 25.4 Å². The molecule has 2 fully saturated rings. The highest BCUT2D eigenvalue weighted by Gasteiger charge is 2.26. The van der Waals surface area contributed by atoms with Crippen LogP contribution >= 0.6 is 0 Å². The van der Waals surface area contributed by atoms with Gasteiger partial charge < -0.3 is 19.6 Å². The summed E-state index contributed by atoms with van der Waals surface area (Å²) in [5, 5.41) is 2.81. The van der Waals surface area contributed by atoms with Crippen molar-refractivity contribution in [2.75, 3.05) is 31.1 Å². The van der Waals surface area contributed by atoms with E-state index < -0.39 is 11.8 Å². The van der Waals surface area contributed by atoms with Crippen LogP contribution in [0.5, 0.6) is 0 Å². The van der Waals surface area contributed by atoms with Crippen LogP contribution in [0.3, 0.4) is 0 Å². The molecule has 1 aliphatic heterocycles. The van der Waals surface area contributed by atoms with E-state index >= 15 is 4.39 Å². The largest absolute Gasteiger partial charge is 0.365 e. The highest BCUT2D eigenvalue weighted by Crippen LogP contribution is 2.24. The summed E-state index contributed by atoms with van der Waals surface area (Å²) in [6, 6.07) is 10.3. The molecule has 2 aliphatic rings. The van der Waals surface area contributed by atoms with E-state index in [2.05, 4.69) is 20.2 Å². The van der Waals surface area contributed by atoms with Gasteiger partial charge in [0.1, 0.15) is 16.7 Å². The van der Waals surface area contributed by atoms with Gasteiger partial charge in [0.15, 0.2) is 5.82 Å². The normalized spacial score (nSPS) is 16.8. The predicted molar refractivity (Wildman–Crippen MR) is 128 cm³/mol. The van der Waals surface area contributed by atoms with E-state index in [1.54, 1.807) is 40.9 Å². The smallest absolute Gasteiger partial charge is 0.272 e. The standard InChI is InChI=1S/C25H24F2N6O2/c26-21-15(3-7-18-22(21)30-25(35)20-2-1-9-33(18)20)14-31-10-12-32(13-11-31)19-8-6-17(29-23(19)27)24(34)28-16-4-5-16/h1-3,6-9,16H,4-5,10-14H2,(H,28,34)(H,30,35). The lowest BCUT2D eigenvalue weighted by Gasteiger charge is -2.36. The Morgan fingerprint density at radius 2 is 1.86 bits per heavy atom. The van der Waals surface area contributed by atoms with E-state index in [-0.39, 0.29) is 28.7 Å². The maximum Gasteiger partial charge on any atom is 0.272 e. The van der Waals surface area contributed by atoms with Gasteiger partial charge in [-0.1, -0.05) is 6.07 Å². The summed E-state index contributed by atoms with van der Waals surface area (Å²) in [7, 11) is 0. The Bertz CT molecular complexity index is 1500. The third-order valence-corrected chi connectivity index (χ3v) is 6.76. The van der Waals surface area contributed by atoms with E-state index in [9.17, 15) is 14.0 Å². The molecular formula is C25H24F2N6O2. The molecule has 2 N–H and O–H groups in total. The summed E-state index contributed by atoms with van der Waals surface area (Å²) >= 11 is 0. The molecule has 8 nitrogen and oxygen atoms in total. The number of halogens is 2. The van der Waals surface area contributed by atoms with Gasteiger partial charge in [0.25, 0.3) is 11.5 Å². The first-order valence-electron chi connectivity index (χ1n) is 11.7. The Morgan fingerprint density at radius 3 is 2.60 bits per heavy atom. The third kappa shape index (κ3) is 4.03. The maximum absolute atomic E-state index is 15.3. The molecule has 1 amide bonds. The van der Waals surface area contributed by atoms with E-state index in [1.807, 2.05) is 11.0 Å². The second-order valence-corrected chi connectivity index (χ2v) is 9.17. The predicted octanol–water partition coefficient (Wildman–Crippen LogP) is 2.67. The molecule has 0 atom stereocenters. The highest BCUT2D eigenvalue weighted by molar-refractivity contribution is 5.92.